The Balaban J connectivity index is 1.70. The highest BCUT2D eigenvalue weighted by Gasteiger charge is 2.22. The molecule has 1 aliphatic rings. The molecule has 2 aromatic carbocycles. The van der Waals surface area contributed by atoms with Crippen molar-refractivity contribution in [2.75, 3.05) is 0 Å². The molecule has 0 atom stereocenters. The van der Waals surface area contributed by atoms with Crippen LogP contribution in [0.2, 0.25) is 0 Å². The number of hydrogen-bond donors (Lipinski definition) is 1. The first kappa shape index (κ1) is 15.1. The van der Waals surface area contributed by atoms with Gasteiger partial charge in [0.15, 0.2) is 0 Å². The first-order valence-electron chi connectivity index (χ1n) is 7.49. The average Bonchev–Trinajstić information content (AvgIpc) is 3.01. The monoisotopic (exact) mass is 317 g/mol. The van der Waals surface area contributed by atoms with Crippen molar-refractivity contribution in [2.24, 2.45) is 0 Å². The number of para-hydroxylation sites is 1. The fourth-order valence-corrected chi connectivity index (χ4v) is 3.95. The molecule has 0 heterocycles. The summed E-state index contributed by atoms with van der Waals surface area (Å²) in [5.41, 5.74) is 0. The first-order valence-corrected chi connectivity index (χ1v) is 8.97. The zero-order valence-electron chi connectivity index (χ0n) is 12.2. The topological polar surface area (TPSA) is 55.4 Å². The van der Waals surface area contributed by atoms with Gasteiger partial charge in [0.1, 0.15) is 11.5 Å². The zero-order valence-corrected chi connectivity index (χ0v) is 13.1. The van der Waals surface area contributed by atoms with Crippen LogP contribution in [0.15, 0.2) is 59.5 Å². The lowest BCUT2D eigenvalue weighted by molar-refractivity contribution is 0.482. The van der Waals surface area contributed by atoms with Crippen molar-refractivity contribution in [3.05, 3.63) is 54.6 Å². The fraction of sp³-hybridized carbons (Fsp3) is 0.294. The predicted octanol–water partition coefficient (Wildman–Crippen LogP) is 3.70. The number of hydrogen-bond acceptors (Lipinski definition) is 3. The van der Waals surface area contributed by atoms with Gasteiger partial charge >= 0.3 is 0 Å². The third-order valence-electron chi connectivity index (χ3n) is 3.79. The summed E-state index contributed by atoms with van der Waals surface area (Å²) in [4.78, 5) is 0.278. The SMILES string of the molecule is O=S(=O)(NC1CCCC1)c1ccc(Oc2ccccc2)cc1. The van der Waals surface area contributed by atoms with E-state index in [4.69, 9.17) is 4.74 Å². The third-order valence-corrected chi connectivity index (χ3v) is 5.33. The molecule has 0 saturated heterocycles. The highest BCUT2D eigenvalue weighted by atomic mass is 32.2. The van der Waals surface area contributed by atoms with E-state index in [0.717, 1.165) is 31.4 Å². The number of sulfonamides is 1. The summed E-state index contributed by atoms with van der Waals surface area (Å²) in [6.07, 6.45) is 4.04. The molecule has 0 amide bonds. The summed E-state index contributed by atoms with van der Waals surface area (Å²) in [6, 6.07) is 16.0. The van der Waals surface area contributed by atoms with Gasteiger partial charge < -0.3 is 4.74 Å². The van der Waals surface area contributed by atoms with Crippen LogP contribution in [-0.2, 0) is 10.0 Å². The van der Waals surface area contributed by atoms with Crippen LogP contribution >= 0.6 is 0 Å². The van der Waals surface area contributed by atoms with Crippen molar-refractivity contribution in [1.29, 1.82) is 0 Å². The van der Waals surface area contributed by atoms with Gasteiger partial charge in [-0.15, -0.1) is 0 Å². The Labute approximate surface area is 131 Å². The van der Waals surface area contributed by atoms with Gasteiger partial charge in [0.05, 0.1) is 4.90 Å². The normalized spacial score (nSPS) is 15.8. The second-order valence-corrected chi connectivity index (χ2v) is 7.20. The van der Waals surface area contributed by atoms with Gasteiger partial charge in [-0.05, 0) is 49.2 Å². The van der Waals surface area contributed by atoms with Crippen molar-refractivity contribution >= 4 is 10.0 Å². The Morgan fingerprint density at radius 3 is 2.09 bits per heavy atom. The van der Waals surface area contributed by atoms with Crippen LogP contribution in [0.1, 0.15) is 25.7 Å². The highest BCUT2D eigenvalue weighted by molar-refractivity contribution is 7.89. The maximum absolute atomic E-state index is 12.3. The maximum atomic E-state index is 12.3. The van der Waals surface area contributed by atoms with E-state index < -0.39 is 10.0 Å². The molecule has 1 fully saturated rings. The molecule has 0 unspecified atom stereocenters. The van der Waals surface area contributed by atoms with Crippen LogP contribution in [0, 0.1) is 0 Å². The molecule has 0 aromatic heterocycles. The smallest absolute Gasteiger partial charge is 0.240 e. The van der Waals surface area contributed by atoms with Gasteiger partial charge in [-0.1, -0.05) is 31.0 Å². The van der Waals surface area contributed by atoms with Crippen LogP contribution in [0.4, 0.5) is 0 Å². The lowest BCUT2D eigenvalue weighted by Crippen LogP contribution is -2.32. The Bertz CT molecular complexity index is 705. The fourth-order valence-electron chi connectivity index (χ4n) is 2.64. The van der Waals surface area contributed by atoms with Gasteiger partial charge in [-0.2, -0.15) is 0 Å². The summed E-state index contributed by atoms with van der Waals surface area (Å²) in [7, 11) is -3.44. The van der Waals surface area contributed by atoms with E-state index in [9.17, 15) is 8.42 Å². The second-order valence-electron chi connectivity index (χ2n) is 5.49. The molecule has 1 aliphatic carbocycles. The van der Waals surface area contributed by atoms with E-state index >= 15 is 0 Å². The highest BCUT2D eigenvalue weighted by Crippen LogP contribution is 2.24. The van der Waals surface area contributed by atoms with Crippen molar-refractivity contribution in [1.82, 2.24) is 4.72 Å². The van der Waals surface area contributed by atoms with Crippen LogP contribution in [0.3, 0.4) is 0 Å². The molecule has 1 saturated carbocycles. The van der Waals surface area contributed by atoms with E-state index in [1.165, 1.54) is 0 Å². The van der Waals surface area contributed by atoms with Gasteiger partial charge in [0, 0.05) is 6.04 Å². The minimum absolute atomic E-state index is 0.0743. The molecule has 0 aliphatic heterocycles. The Kier molecular flexibility index (Phi) is 4.45. The second kappa shape index (κ2) is 6.50. The summed E-state index contributed by atoms with van der Waals surface area (Å²) in [5, 5.41) is 0. The van der Waals surface area contributed by atoms with Gasteiger partial charge in [-0.3, -0.25) is 0 Å². The van der Waals surface area contributed by atoms with Crippen LogP contribution in [0.25, 0.3) is 0 Å². The van der Waals surface area contributed by atoms with E-state index in [1.807, 2.05) is 30.3 Å². The van der Waals surface area contributed by atoms with Crippen molar-refractivity contribution < 1.29 is 13.2 Å². The van der Waals surface area contributed by atoms with E-state index in [0.29, 0.717) is 5.75 Å². The summed E-state index contributed by atoms with van der Waals surface area (Å²) >= 11 is 0. The van der Waals surface area contributed by atoms with Crippen LogP contribution in [-0.4, -0.2) is 14.5 Å². The maximum Gasteiger partial charge on any atom is 0.240 e. The molecule has 4 nitrogen and oxygen atoms in total. The molecule has 0 radical (unpaired) electrons. The summed E-state index contributed by atoms with van der Waals surface area (Å²) < 4.78 is 33.0. The quantitative estimate of drug-likeness (QED) is 0.915. The largest absolute Gasteiger partial charge is 0.457 e. The molecule has 0 bridgehead atoms. The van der Waals surface area contributed by atoms with E-state index in [1.54, 1.807) is 24.3 Å². The van der Waals surface area contributed by atoms with Crippen LogP contribution < -0.4 is 9.46 Å². The van der Waals surface area contributed by atoms with Crippen LogP contribution in [0.5, 0.6) is 11.5 Å². The summed E-state index contributed by atoms with van der Waals surface area (Å²) in [5.74, 6) is 1.34. The minimum Gasteiger partial charge on any atom is -0.457 e. The predicted molar refractivity (Wildman–Crippen MR) is 85.5 cm³/mol. The number of ether oxygens (including phenoxy) is 1. The van der Waals surface area contributed by atoms with Gasteiger partial charge in [-0.25, -0.2) is 13.1 Å². The molecule has 5 heteroatoms. The van der Waals surface area contributed by atoms with Crippen molar-refractivity contribution in [3.63, 3.8) is 0 Å². The van der Waals surface area contributed by atoms with E-state index in [-0.39, 0.29) is 10.9 Å². The molecule has 116 valence electrons. The molecular formula is C17H19NO3S. The number of nitrogens with one attached hydrogen (secondary N) is 1. The Morgan fingerprint density at radius 1 is 0.864 bits per heavy atom. The zero-order chi connectivity index (χ0) is 15.4. The first-order chi connectivity index (χ1) is 10.6. The Hall–Kier alpha value is -1.85. The molecule has 0 spiro atoms. The molecule has 22 heavy (non-hydrogen) atoms. The molecule has 3 rings (SSSR count). The third kappa shape index (κ3) is 3.67. The lowest BCUT2D eigenvalue weighted by Gasteiger charge is -2.13. The Morgan fingerprint density at radius 2 is 1.45 bits per heavy atom. The molecule has 1 N–H and O–H groups in total. The average molecular weight is 317 g/mol. The summed E-state index contributed by atoms with van der Waals surface area (Å²) in [6.45, 7) is 0. The van der Waals surface area contributed by atoms with E-state index in [2.05, 4.69) is 4.72 Å². The number of rotatable bonds is 5. The standard InChI is InChI=1S/C17H19NO3S/c19-22(20,18-14-6-4-5-7-14)17-12-10-16(11-13-17)21-15-8-2-1-3-9-15/h1-3,8-14,18H,4-7H2. The van der Waals surface area contributed by atoms with Crippen molar-refractivity contribution in [3.8, 4) is 11.5 Å². The number of benzene rings is 2. The molecular weight excluding hydrogens is 298 g/mol. The van der Waals surface area contributed by atoms with Gasteiger partial charge in [0.2, 0.25) is 10.0 Å². The molecule has 2 aromatic rings. The minimum atomic E-state index is -3.44. The lowest BCUT2D eigenvalue weighted by atomic mass is 10.3. The van der Waals surface area contributed by atoms with Gasteiger partial charge in [0.25, 0.3) is 0 Å². The van der Waals surface area contributed by atoms with Crippen molar-refractivity contribution in [2.45, 2.75) is 36.6 Å².